The Labute approximate surface area is 251 Å². The molecule has 0 spiro atoms. The first-order chi connectivity index (χ1) is 19.5. The number of alkyl carbamates (subject to hydrolysis) is 1. The van der Waals surface area contributed by atoms with Crippen LogP contribution in [-0.4, -0.2) is 42.5 Å². The van der Waals surface area contributed by atoms with E-state index in [1.807, 2.05) is 19.9 Å². The van der Waals surface area contributed by atoms with E-state index in [2.05, 4.69) is 44.8 Å². The molecule has 1 amide bonds. The molecule has 0 aromatic rings. The van der Waals surface area contributed by atoms with Crippen molar-refractivity contribution < 1.29 is 23.9 Å². The first kappa shape index (κ1) is 29.9. The van der Waals surface area contributed by atoms with Gasteiger partial charge >= 0.3 is 6.09 Å². The van der Waals surface area contributed by atoms with Gasteiger partial charge in [-0.15, -0.1) is 0 Å². The smallest absolute Gasteiger partial charge is 0.407 e. The summed E-state index contributed by atoms with van der Waals surface area (Å²) in [5, 5.41) is 3.33. The van der Waals surface area contributed by atoms with E-state index in [4.69, 9.17) is 16.0 Å². The molecule has 2 radical (unpaired) electrons. The van der Waals surface area contributed by atoms with Crippen LogP contribution in [0.2, 0.25) is 0 Å². The van der Waals surface area contributed by atoms with Crippen LogP contribution < -0.4 is 5.32 Å². The summed E-state index contributed by atoms with van der Waals surface area (Å²) < 4.78 is 11.2. The number of allylic oxidation sites excluding steroid dienone is 2. The Bertz CT molecular complexity index is 1270. The molecule has 1 aliphatic heterocycles. The first-order valence-electron chi connectivity index (χ1n) is 16.0. The van der Waals surface area contributed by atoms with Crippen molar-refractivity contribution in [3.05, 3.63) is 35.0 Å². The van der Waals surface area contributed by atoms with Crippen molar-refractivity contribution in [3.8, 4) is 0 Å². The number of Topliss-reactive ketones (excluding diaryl/α,β-unsaturated/α-hetero) is 2. The maximum atomic E-state index is 14.6. The van der Waals surface area contributed by atoms with Gasteiger partial charge in [0.15, 0.2) is 5.78 Å². The van der Waals surface area contributed by atoms with Crippen molar-refractivity contribution in [3.63, 3.8) is 0 Å². The molecule has 6 rings (SSSR count). The van der Waals surface area contributed by atoms with Crippen LogP contribution >= 0.6 is 0 Å². The van der Waals surface area contributed by atoms with Gasteiger partial charge in [0.2, 0.25) is 5.70 Å². The van der Waals surface area contributed by atoms with E-state index in [9.17, 15) is 14.4 Å². The minimum atomic E-state index is -0.642. The number of rotatable bonds is 2. The van der Waals surface area contributed by atoms with Crippen molar-refractivity contribution in [2.45, 2.75) is 118 Å². The van der Waals surface area contributed by atoms with Crippen molar-refractivity contribution in [1.29, 1.82) is 0 Å². The van der Waals surface area contributed by atoms with Gasteiger partial charge in [0.05, 0.1) is 31.2 Å². The van der Waals surface area contributed by atoms with Gasteiger partial charge in [-0.2, -0.15) is 0 Å². The largest absolute Gasteiger partial charge is 0.444 e. The minimum Gasteiger partial charge on any atom is -0.444 e. The Hall–Kier alpha value is -2.20. The fourth-order valence-electron chi connectivity index (χ4n) is 10.7. The average Bonchev–Trinajstić information content (AvgIpc) is 3.41. The number of nitrogens with one attached hydrogen (secondary N) is 1. The molecule has 1 saturated heterocycles. The van der Waals surface area contributed by atoms with E-state index < -0.39 is 22.5 Å². The SMILES string of the molecule is [C-]#[N+]C1=C[C@]2(C)[C@H]3CC(=O)[C]4[C]5CC(C)(C)CC[C@]5(NC(=O)OC5CCOC5)CC[C@@]4(C)[C@]3(C)CC[C@H]2C(C)(C)C1=O. The molecule has 0 aromatic heterocycles. The molecule has 7 atom stereocenters. The number of hydrogen-bond acceptors (Lipinski definition) is 5. The van der Waals surface area contributed by atoms with Gasteiger partial charge in [-0.05, 0) is 78.4 Å². The molecule has 4 saturated carbocycles. The van der Waals surface area contributed by atoms with E-state index in [0.717, 1.165) is 56.8 Å². The zero-order valence-electron chi connectivity index (χ0n) is 26.6. The number of ketones is 2. The third kappa shape index (κ3) is 4.02. The van der Waals surface area contributed by atoms with E-state index >= 15 is 0 Å². The summed E-state index contributed by atoms with van der Waals surface area (Å²) in [5.74, 6) is 2.31. The second kappa shape index (κ2) is 9.40. The van der Waals surface area contributed by atoms with Crippen molar-refractivity contribution in [2.75, 3.05) is 13.2 Å². The number of hydrogen-bond donors (Lipinski definition) is 1. The third-order valence-corrected chi connectivity index (χ3v) is 13.3. The van der Waals surface area contributed by atoms with Gasteiger partial charge in [-0.25, -0.2) is 9.64 Å². The highest BCUT2D eigenvalue weighted by Gasteiger charge is 2.72. The molecule has 7 nitrogen and oxygen atoms in total. The predicted molar refractivity (Wildman–Crippen MR) is 159 cm³/mol. The lowest BCUT2D eigenvalue weighted by molar-refractivity contribution is -0.173. The van der Waals surface area contributed by atoms with Crippen LogP contribution in [0.4, 0.5) is 4.79 Å². The molecule has 5 aliphatic carbocycles. The fourth-order valence-corrected chi connectivity index (χ4v) is 10.7. The van der Waals surface area contributed by atoms with Gasteiger partial charge in [-0.3, -0.25) is 4.79 Å². The Balaban J connectivity index is 1.39. The van der Waals surface area contributed by atoms with Gasteiger partial charge in [0, 0.05) is 24.2 Å². The lowest BCUT2D eigenvalue weighted by Crippen LogP contribution is -2.70. The zero-order valence-corrected chi connectivity index (χ0v) is 26.6. The number of amides is 1. The van der Waals surface area contributed by atoms with Crippen molar-refractivity contribution >= 4 is 17.7 Å². The van der Waals surface area contributed by atoms with Crippen molar-refractivity contribution in [2.24, 2.45) is 38.9 Å². The summed E-state index contributed by atoms with van der Waals surface area (Å²) in [5.41, 5.74) is -1.94. The van der Waals surface area contributed by atoms with E-state index in [-0.39, 0.29) is 51.4 Å². The quantitative estimate of drug-likeness (QED) is 0.365. The second-order valence-corrected chi connectivity index (χ2v) is 16.4. The maximum Gasteiger partial charge on any atom is 0.407 e. The standard InChI is InChI=1S/C35H48N2O5/c1-30(2)12-14-35(37-29(40)42-21-10-16-41-20-21)15-13-34(7)27(22(35)18-30)24(38)17-26-32(5)19-23(36-8)28(39)31(3,4)25(32)9-11-33(26,34)6/h19,21,25-26H,9-18,20H2,1-7H3,(H,37,40)/t21?,25-,26+,32-,33+,34+,35-/m0/s1. The Morgan fingerprint density at radius 3 is 2.38 bits per heavy atom. The van der Waals surface area contributed by atoms with E-state index in [0.29, 0.717) is 26.1 Å². The Kier molecular flexibility index (Phi) is 6.68. The average molecular weight is 577 g/mol. The van der Waals surface area contributed by atoms with Crippen molar-refractivity contribution in [1.82, 2.24) is 5.32 Å². The molecule has 6 aliphatic rings. The normalized spacial score (nSPS) is 44.5. The number of ether oxygens (including phenoxy) is 2. The molecule has 228 valence electrons. The third-order valence-electron chi connectivity index (χ3n) is 13.3. The summed E-state index contributed by atoms with van der Waals surface area (Å²) >= 11 is 0. The molecule has 1 N–H and O–H groups in total. The highest BCUT2D eigenvalue weighted by Crippen LogP contribution is 2.75. The fraction of sp³-hybridized carbons (Fsp3) is 0.771. The Morgan fingerprint density at radius 1 is 1.00 bits per heavy atom. The number of fused-ring (bicyclic) bond motifs is 7. The lowest BCUT2D eigenvalue weighted by Gasteiger charge is -2.71. The highest BCUT2D eigenvalue weighted by atomic mass is 16.6. The molecule has 1 unspecified atom stereocenters. The summed E-state index contributed by atoms with van der Waals surface area (Å²) in [4.78, 5) is 44.9. The van der Waals surface area contributed by atoms with Crippen LogP contribution in [-0.2, 0) is 19.1 Å². The summed E-state index contributed by atoms with van der Waals surface area (Å²) in [6.45, 7) is 24.3. The van der Waals surface area contributed by atoms with Crippen LogP contribution in [0.1, 0.15) is 106 Å². The number of nitrogens with zero attached hydrogens (tertiary/aromatic N) is 1. The van der Waals surface area contributed by atoms with Gasteiger partial charge in [0.25, 0.3) is 0 Å². The number of carbonyl (C=O) groups excluding carboxylic acids is 3. The van der Waals surface area contributed by atoms with Gasteiger partial charge in [0.1, 0.15) is 11.9 Å². The molecule has 1 heterocycles. The van der Waals surface area contributed by atoms with E-state index in [1.54, 1.807) is 0 Å². The maximum absolute atomic E-state index is 14.6. The summed E-state index contributed by atoms with van der Waals surface area (Å²) in [6, 6.07) is 0. The van der Waals surface area contributed by atoms with Crippen LogP contribution in [0.25, 0.3) is 4.85 Å². The molecule has 7 heteroatoms. The van der Waals surface area contributed by atoms with Crippen LogP contribution in [0, 0.1) is 57.3 Å². The topological polar surface area (TPSA) is 86.1 Å². The molecular formula is C35H48N2O5. The molecule has 42 heavy (non-hydrogen) atoms. The minimum absolute atomic E-state index is 0.0255. The second-order valence-electron chi connectivity index (χ2n) is 16.4. The molecule has 5 fully saturated rings. The summed E-state index contributed by atoms with van der Waals surface area (Å²) in [7, 11) is 0. The Morgan fingerprint density at radius 2 is 1.71 bits per heavy atom. The highest BCUT2D eigenvalue weighted by molar-refractivity contribution is 6.03. The number of carbonyl (C=O) groups is 3. The molecular weight excluding hydrogens is 528 g/mol. The predicted octanol–water partition coefficient (Wildman–Crippen LogP) is 6.82. The monoisotopic (exact) mass is 576 g/mol. The van der Waals surface area contributed by atoms with Crippen LogP contribution in [0.15, 0.2) is 11.8 Å². The lowest BCUT2D eigenvalue weighted by atomic mass is 9.32. The summed E-state index contributed by atoms with van der Waals surface area (Å²) in [6.07, 6.45) is 8.39. The molecule has 0 aromatic carbocycles. The van der Waals surface area contributed by atoms with Crippen LogP contribution in [0.3, 0.4) is 0 Å². The van der Waals surface area contributed by atoms with Gasteiger partial charge < -0.3 is 19.6 Å². The van der Waals surface area contributed by atoms with E-state index in [1.165, 1.54) is 0 Å². The van der Waals surface area contributed by atoms with Crippen LogP contribution in [0.5, 0.6) is 0 Å². The first-order valence-corrected chi connectivity index (χ1v) is 16.0. The zero-order chi connectivity index (χ0) is 30.5. The molecule has 0 bridgehead atoms. The van der Waals surface area contributed by atoms with Gasteiger partial charge in [-0.1, -0.05) is 54.5 Å².